The van der Waals surface area contributed by atoms with E-state index in [2.05, 4.69) is 88.2 Å². The van der Waals surface area contributed by atoms with E-state index in [-0.39, 0.29) is 221 Å². The van der Waals surface area contributed by atoms with Crippen LogP contribution in [0.1, 0.15) is 230 Å². The van der Waals surface area contributed by atoms with Crippen molar-refractivity contribution in [3.8, 4) is 0 Å². The molecule has 1 N–H and O–H groups in total. The Bertz CT molecular complexity index is 4880. The van der Waals surface area contributed by atoms with Gasteiger partial charge in [0.25, 0.3) is 23.6 Å². The SMILES string of the molecule is C.C.C.C.C=C(CBr)C(=O)OCC.CCOC(=O)C1C(=O)[C@@H](C)CN([C@@H](C)c2ccccc2)[C@H]1C.CCOC(=O)C[C@H](C)N[C@@H](C)c1ccccc1.C[C@@H]1CN(C(=O)OCc2ccccc2)[C@@H](C)CC1=O.C[C@H]1CN(C(=O)OCc2ccccc2)[C@@H](C)CC1=O.C[C@H]1CN(C(=O)OCc2ccccc2)[C@@H](C)[C@H](CN2C(=O)c3ccccc3C2=O)C1=O.Cl.O=C1c2ccccc2C(=O)N1CCl.[2H]CS.[H-].[Li+]. The number of piperidine rings is 4. The summed E-state index contributed by atoms with van der Waals surface area (Å²) in [6.07, 6.45) is 0.253. The van der Waals surface area contributed by atoms with Gasteiger partial charge in [0.05, 0.1) is 54.4 Å². The van der Waals surface area contributed by atoms with Gasteiger partial charge in [-0.05, 0) is 128 Å². The number of halogens is 3. The molecule has 13 rings (SSSR count). The van der Waals surface area contributed by atoms with Crippen LogP contribution >= 0.6 is 52.6 Å². The van der Waals surface area contributed by atoms with E-state index in [9.17, 15) is 67.1 Å². The number of fused-ring (bicyclic) bond motifs is 2. The van der Waals surface area contributed by atoms with Crippen molar-refractivity contribution < 1.29 is 117 Å². The van der Waals surface area contributed by atoms with Crippen LogP contribution in [-0.4, -0.2) is 213 Å². The fourth-order valence-electron chi connectivity index (χ4n) is 15.4. The third-order valence-corrected chi connectivity index (χ3v) is 23.9. The molecule has 1 unspecified atom stereocenters. The van der Waals surface area contributed by atoms with E-state index in [4.69, 9.17) is 36.7 Å². The van der Waals surface area contributed by atoms with Crippen molar-refractivity contribution in [2.75, 3.05) is 70.1 Å². The Hall–Kier alpha value is -10.6. The number of imide groups is 2. The van der Waals surface area contributed by atoms with Crippen molar-refractivity contribution >= 4 is 136 Å². The molecule has 0 spiro atoms. The normalized spacial score (nSPS) is 19.8. The molecule has 0 saturated carbocycles. The topological polar surface area (TPSA) is 326 Å². The second-order valence-electron chi connectivity index (χ2n) is 32.8. The molecule has 6 heterocycles. The first-order valence-electron chi connectivity index (χ1n) is 45.0. The third-order valence-electron chi connectivity index (χ3n) is 23.0. The summed E-state index contributed by atoms with van der Waals surface area (Å²) in [5, 5.41) is 3.86. The largest absolute Gasteiger partial charge is 1.00 e. The summed E-state index contributed by atoms with van der Waals surface area (Å²) in [5.41, 5.74) is 7.23. The zero-order valence-corrected chi connectivity index (χ0v) is 83.3. The molecule has 752 valence electrons. The van der Waals surface area contributed by atoms with E-state index in [0.717, 1.165) is 26.5 Å². The zero-order valence-electron chi connectivity index (χ0n) is 81.2. The van der Waals surface area contributed by atoms with Crippen LogP contribution in [0, 0.1) is 35.5 Å². The van der Waals surface area contributed by atoms with E-state index >= 15 is 0 Å². The maximum Gasteiger partial charge on any atom is 1.00 e. The average molecular weight is 2030 g/mol. The third kappa shape index (κ3) is 37.5. The van der Waals surface area contributed by atoms with E-state index in [1.807, 2.05) is 183 Å². The molecule has 6 aliphatic rings. The van der Waals surface area contributed by atoms with Crippen LogP contribution in [0.4, 0.5) is 14.4 Å². The van der Waals surface area contributed by atoms with Crippen molar-refractivity contribution in [3.63, 3.8) is 0 Å². The van der Waals surface area contributed by atoms with Crippen molar-refractivity contribution in [2.45, 2.75) is 208 Å². The first-order valence-corrected chi connectivity index (χ1v) is 46.6. The van der Waals surface area contributed by atoms with Gasteiger partial charge >= 0.3 is 55.0 Å². The Balaban J connectivity index is 0. The van der Waals surface area contributed by atoms with Crippen molar-refractivity contribution in [1.82, 2.24) is 34.7 Å². The maximum atomic E-state index is 12.9. The molecule has 0 bridgehead atoms. The Morgan fingerprint density at radius 2 is 0.819 bits per heavy atom. The number of rotatable bonds is 22. The molecule has 27 nitrogen and oxygen atoms in total. The van der Waals surface area contributed by atoms with E-state index < -0.39 is 47.7 Å². The molecule has 0 aliphatic carbocycles. The summed E-state index contributed by atoms with van der Waals surface area (Å²) in [4.78, 5) is 177. The number of hydrogen-bond acceptors (Lipinski definition) is 23. The molecule has 4 saturated heterocycles. The quantitative estimate of drug-likeness (QED) is 0.00733. The Kier molecular flexibility index (Phi) is 59.4. The Labute approximate surface area is 857 Å². The van der Waals surface area contributed by atoms with Crippen molar-refractivity contribution in [1.29, 1.82) is 0 Å². The number of amides is 7. The Morgan fingerprint density at radius 3 is 1.19 bits per heavy atom. The number of thiol groups is 1. The molecule has 7 amide bonds. The first kappa shape index (κ1) is 125. The van der Waals surface area contributed by atoms with E-state index in [0.29, 0.717) is 91.9 Å². The summed E-state index contributed by atoms with van der Waals surface area (Å²) in [6, 6.07) is 61.8. The minimum absolute atomic E-state index is 0. The minimum atomic E-state index is -0.685. The van der Waals surface area contributed by atoms with Gasteiger partial charge in [-0.25, -0.2) is 19.2 Å². The summed E-state index contributed by atoms with van der Waals surface area (Å²) in [7, 11) is 0. The summed E-state index contributed by atoms with van der Waals surface area (Å²) >= 11 is 12.0. The summed E-state index contributed by atoms with van der Waals surface area (Å²) in [6.45, 7) is 33.4. The standard InChI is InChI=1S/C24H24N2O5.C18H25NO3.2C15H19NO3.C14H21NO2.C9H6ClNO2.C6H9BrO2.CH4S.4CH4.ClH.Li.H/c1-15-12-25(24(30)31-14-17-8-4-3-5-9-17)16(2)20(21(15)27)13-26-22(28)18-10-6-7-11-19(18)23(26)29;1-5-22-18(21)16-14(4)19(11-12(2)17(16)20)13(3)15-9-7-6-8-10-15;2*1-11-9-16(12(2)8-14(11)17)15(18)19-10-13-6-4-3-5-7-13;1-4-17-14(16)10-11(2)15-12(3)13-8-6-5-7-9-13;10-5-11-8(12)6-3-1-2-4-7(6)9(11)13;1-3-9-6(8)5(2)4-7;1-2;;;;;;;/h3-11,15-16,20H,12-14H2,1-2H3;6-10,12-14,16H,5,11H2,1-4H3;2*3-7,11-12H,8-10H2,1-2H3;5-9,11-12,15H,4,10H2,1-3H3;1-4H,5H2;2-4H2,1H3;2H,1H3;4*1H4;1H;;/q;;;;;;;;;;;;;+1;-1/t15-,16-,20-;12-,13-,14-,16?;11-,12+;2*11-,12-;;;;;;;;;;/m00100........../s1/i;;;;;;;1D;;;;;;;. The van der Waals surface area contributed by atoms with Gasteiger partial charge in [0.1, 0.15) is 49.1 Å². The zero-order chi connectivity index (χ0) is 98.1. The minimum Gasteiger partial charge on any atom is -1.00 e. The van der Waals surface area contributed by atoms with Gasteiger partial charge in [-0.1, -0.05) is 256 Å². The van der Waals surface area contributed by atoms with Gasteiger partial charge in [0.15, 0.2) is 5.78 Å². The number of likely N-dealkylation sites (tertiary alicyclic amines) is 4. The fourth-order valence-corrected chi connectivity index (χ4v) is 15.9. The molecule has 138 heavy (non-hydrogen) atoms. The van der Waals surface area contributed by atoms with Gasteiger partial charge in [-0.15, -0.1) is 24.0 Å². The van der Waals surface area contributed by atoms with Gasteiger partial charge in [-0.3, -0.25) is 62.6 Å². The van der Waals surface area contributed by atoms with E-state index in [1.165, 1.54) is 16.0 Å². The number of hydrogen-bond donors (Lipinski definition) is 2. The van der Waals surface area contributed by atoms with Crippen LogP contribution in [0.15, 0.2) is 212 Å². The smallest absolute Gasteiger partial charge is 1.00 e. The van der Waals surface area contributed by atoms with Crippen LogP contribution in [-0.2, 0) is 81.8 Å². The monoisotopic (exact) mass is 2020 g/mol. The maximum absolute atomic E-state index is 12.9. The molecule has 7 aromatic rings. The molecule has 4 fully saturated rings. The van der Waals surface area contributed by atoms with Crippen LogP contribution in [0.3, 0.4) is 0 Å². The number of nitrogens with zero attached hydrogens (tertiary/aromatic N) is 6. The number of alkyl halides is 2. The van der Waals surface area contributed by atoms with Crippen LogP contribution in [0.5, 0.6) is 0 Å². The molecule has 0 aromatic heterocycles. The molecule has 32 heteroatoms. The van der Waals surface area contributed by atoms with Gasteiger partial charge in [0.2, 0.25) is 0 Å². The van der Waals surface area contributed by atoms with Gasteiger partial charge < -0.3 is 49.9 Å². The van der Waals surface area contributed by atoms with Crippen molar-refractivity contribution in [3.05, 3.63) is 262 Å². The second kappa shape index (κ2) is 65.3. The molecule has 13 atom stereocenters. The molecular weight excluding hydrogens is 1880 g/mol. The number of Topliss-reactive ketones (excluding diaryl/α,β-unsaturated/α-hetero) is 4. The first-order chi connectivity index (χ1) is 63.5. The van der Waals surface area contributed by atoms with Crippen LogP contribution < -0.4 is 24.2 Å². The number of esters is 3. The molecule has 6 aliphatic heterocycles. The van der Waals surface area contributed by atoms with Crippen molar-refractivity contribution in [2.24, 2.45) is 35.5 Å². The van der Waals surface area contributed by atoms with Gasteiger partial charge in [0, 0.05) is 124 Å². The van der Waals surface area contributed by atoms with Crippen LogP contribution in [0.2, 0.25) is 0 Å². The Morgan fingerprint density at radius 1 is 0.478 bits per heavy atom. The van der Waals surface area contributed by atoms with E-state index in [1.54, 1.807) is 86.0 Å². The number of carbonyl (C=O) groups is 14. The predicted octanol–water partition coefficient (Wildman–Crippen LogP) is 17.5. The summed E-state index contributed by atoms with van der Waals surface area (Å²) in [5.74, 6) is -4.03. The predicted molar refractivity (Wildman–Crippen MR) is 547 cm³/mol. The number of carbonyl (C=O) groups excluding carboxylic acids is 14. The number of nitrogens with one attached hydrogen (secondary N) is 1. The molecular formula is C106H145BrCl2LiN7O20S. The molecule has 7 aromatic carbocycles. The number of benzene rings is 7. The fraction of sp³-hybridized carbons (Fsp3) is 0.453. The van der Waals surface area contributed by atoms with Crippen LogP contribution in [0.25, 0.3) is 0 Å². The molecule has 0 radical (unpaired) electrons. The number of ether oxygens (including phenoxy) is 6. The number of ketones is 4. The van der Waals surface area contributed by atoms with Gasteiger partial charge in [-0.2, -0.15) is 12.6 Å². The second-order valence-corrected chi connectivity index (χ2v) is 33.6. The summed E-state index contributed by atoms with van der Waals surface area (Å²) < 4.78 is 36.8. The average Bonchev–Trinajstić information content (AvgIpc) is 1.40.